The number of unbranched alkanes of at least 4 members (excludes halogenated alkanes) is 32. The molecule has 0 aliphatic rings. The van der Waals surface area contributed by atoms with Gasteiger partial charge in [-0.15, -0.1) is 0 Å². The molecule has 0 fully saturated rings. The molecule has 0 rings (SSSR count). The first kappa shape index (κ1) is 70.6. The van der Waals surface area contributed by atoms with E-state index in [-0.39, 0.29) is 31.1 Å². The smallest absolute Gasteiger partial charge is 0.306 e. The van der Waals surface area contributed by atoms with E-state index in [4.69, 9.17) is 14.2 Å². The van der Waals surface area contributed by atoms with Gasteiger partial charge in [-0.2, -0.15) is 0 Å². The molecule has 0 spiro atoms. The molecule has 0 aliphatic carbocycles. The Morgan fingerprint density at radius 2 is 0.527 bits per heavy atom. The molecule has 0 bridgehead atoms. The molecule has 0 saturated carbocycles. The highest BCUT2D eigenvalue weighted by Crippen LogP contribution is 2.17. The predicted molar refractivity (Wildman–Crippen MR) is 321 cm³/mol. The van der Waals surface area contributed by atoms with Crippen LogP contribution in [0, 0.1) is 0 Å². The van der Waals surface area contributed by atoms with E-state index in [0.717, 1.165) is 109 Å². The van der Waals surface area contributed by atoms with E-state index in [0.29, 0.717) is 19.3 Å². The summed E-state index contributed by atoms with van der Waals surface area (Å²) >= 11 is 0. The van der Waals surface area contributed by atoms with Gasteiger partial charge in [0.1, 0.15) is 13.2 Å². The van der Waals surface area contributed by atoms with Crippen LogP contribution in [0.2, 0.25) is 0 Å². The van der Waals surface area contributed by atoms with E-state index in [1.54, 1.807) is 0 Å². The predicted octanol–water partition coefficient (Wildman–Crippen LogP) is 21.5. The summed E-state index contributed by atoms with van der Waals surface area (Å²) in [4.78, 5) is 38.1. The molecule has 0 amide bonds. The molecule has 6 nitrogen and oxygen atoms in total. The largest absolute Gasteiger partial charge is 0.462 e. The van der Waals surface area contributed by atoms with Gasteiger partial charge in [0.25, 0.3) is 0 Å². The summed E-state index contributed by atoms with van der Waals surface area (Å²) in [7, 11) is 0. The van der Waals surface area contributed by atoms with Crippen molar-refractivity contribution in [2.75, 3.05) is 13.2 Å². The Labute approximate surface area is 458 Å². The Bertz CT molecular complexity index is 1420. The maximum Gasteiger partial charge on any atom is 0.306 e. The lowest BCUT2D eigenvalue weighted by molar-refractivity contribution is -0.167. The van der Waals surface area contributed by atoms with Gasteiger partial charge in [0.2, 0.25) is 0 Å². The summed E-state index contributed by atoms with van der Waals surface area (Å²) in [5.74, 6) is -0.872. The molecule has 74 heavy (non-hydrogen) atoms. The number of ether oxygens (including phenoxy) is 3. The zero-order valence-corrected chi connectivity index (χ0v) is 48.8. The monoisotopic (exact) mass is 1030 g/mol. The number of rotatable bonds is 57. The lowest BCUT2D eigenvalue weighted by Gasteiger charge is -2.18. The summed E-state index contributed by atoms with van der Waals surface area (Å²) in [5.41, 5.74) is 0. The fraction of sp³-hybridized carbons (Fsp3) is 0.750. The van der Waals surface area contributed by atoms with Crippen molar-refractivity contribution >= 4 is 17.9 Å². The van der Waals surface area contributed by atoms with Gasteiger partial charge in [-0.25, -0.2) is 0 Å². The molecule has 6 heteroatoms. The minimum Gasteiger partial charge on any atom is -0.462 e. The van der Waals surface area contributed by atoms with Crippen molar-refractivity contribution in [3.8, 4) is 0 Å². The second-order valence-corrected chi connectivity index (χ2v) is 21.0. The topological polar surface area (TPSA) is 78.9 Å². The lowest BCUT2D eigenvalue weighted by Crippen LogP contribution is -2.30. The van der Waals surface area contributed by atoms with Gasteiger partial charge in [-0.1, -0.05) is 298 Å². The van der Waals surface area contributed by atoms with Crippen LogP contribution in [-0.4, -0.2) is 37.2 Å². The molecule has 0 N–H and O–H groups in total. The fourth-order valence-corrected chi connectivity index (χ4v) is 8.95. The van der Waals surface area contributed by atoms with E-state index < -0.39 is 6.10 Å². The highest BCUT2D eigenvalue weighted by molar-refractivity contribution is 5.71. The summed E-state index contributed by atoms with van der Waals surface area (Å²) in [6, 6.07) is 0. The van der Waals surface area contributed by atoms with Crippen molar-refractivity contribution in [2.24, 2.45) is 0 Å². The maximum atomic E-state index is 12.8. The number of hydrogen-bond acceptors (Lipinski definition) is 6. The first-order valence-electron chi connectivity index (χ1n) is 31.6. The van der Waals surface area contributed by atoms with E-state index in [1.165, 1.54) is 161 Å². The van der Waals surface area contributed by atoms with Crippen LogP contribution in [0.5, 0.6) is 0 Å². The molecule has 0 aliphatic heterocycles. The Balaban J connectivity index is 4.15. The highest BCUT2D eigenvalue weighted by Gasteiger charge is 2.19. The molecule has 0 heterocycles. The van der Waals surface area contributed by atoms with Crippen molar-refractivity contribution in [1.29, 1.82) is 0 Å². The van der Waals surface area contributed by atoms with E-state index in [2.05, 4.69) is 106 Å². The van der Waals surface area contributed by atoms with Crippen LogP contribution in [0.3, 0.4) is 0 Å². The quantitative estimate of drug-likeness (QED) is 0.0261. The first-order chi connectivity index (χ1) is 36.5. The van der Waals surface area contributed by atoms with E-state index in [1.807, 2.05) is 0 Å². The third-order valence-corrected chi connectivity index (χ3v) is 13.7. The highest BCUT2D eigenvalue weighted by atomic mass is 16.6. The van der Waals surface area contributed by atoms with Crippen molar-refractivity contribution in [2.45, 2.75) is 316 Å². The van der Waals surface area contributed by atoms with Crippen LogP contribution in [0.1, 0.15) is 310 Å². The zero-order valence-electron chi connectivity index (χ0n) is 48.8. The molecule has 0 aromatic heterocycles. The van der Waals surface area contributed by atoms with Gasteiger partial charge < -0.3 is 14.2 Å². The SMILES string of the molecule is CC/C=C\C/C=C\C/C=C\C/C=C\C/C=C\C/C=C\C/C=C\CCCCCCCCCCCC(=O)OCC(COC(=O)CCCCCCCCCC)OC(=O)CCCCCCCCCCCCCCCCCCC. The molecular formula is C68H118O6. The van der Waals surface area contributed by atoms with Crippen LogP contribution in [0.15, 0.2) is 85.1 Å². The second kappa shape index (κ2) is 62.1. The van der Waals surface area contributed by atoms with Gasteiger partial charge in [-0.05, 0) is 77.0 Å². The fourth-order valence-electron chi connectivity index (χ4n) is 8.95. The molecule has 0 aromatic rings. The van der Waals surface area contributed by atoms with Crippen molar-refractivity contribution in [3.05, 3.63) is 85.1 Å². The number of carbonyl (C=O) groups excluding carboxylic acids is 3. The summed E-state index contributed by atoms with van der Waals surface area (Å²) < 4.78 is 16.8. The average Bonchev–Trinajstić information content (AvgIpc) is 3.40. The number of allylic oxidation sites excluding steroid dienone is 14. The summed E-state index contributed by atoms with van der Waals surface area (Å²) in [6.45, 7) is 6.52. The second-order valence-electron chi connectivity index (χ2n) is 21.0. The normalized spacial score (nSPS) is 12.6. The summed E-state index contributed by atoms with van der Waals surface area (Å²) in [5, 5.41) is 0. The van der Waals surface area contributed by atoms with E-state index in [9.17, 15) is 14.4 Å². The van der Waals surface area contributed by atoms with Crippen LogP contribution in [-0.2, 0) is 28.6 Å². The average molecular weight is 1030 g/mol. The third-order valence-electron chi connectivity index (χ3n) is 13.7. The maximum absolute atomic E-state index is 12.8. The summed E-state index contributed by atoms with van der Waals surface area (Å²) in [6.07, 6.45) is 81.7. The molecule has 1 atom stereocenters. The van der Waals surface area contributed by atoms with Crippen molar-refractivity contribution < 1.29 is 28.6 Å². The number of esters is 3. The molecule has 0 aromatic carbocycles. The molecule has 0 saturated heterocycles. The lowest BCUT2D eigenvalue weighted by atomic mass is 10.0. The Morgan fingerprint density at radius 1 is 0.284 bits per heavy atom. The van der Waals surface area contributed by atoms with Gasteiger partial charge in [0.15, 0.2) is 6.10 Å². The number of carbonyl (C=O) groups is 3. The first-order valence-corrected chi connectivity index (χ1v) is 31.6. The minimum atomic E-state index is -0.774. The van der Waals surface area contributed by atoms with Crippen LogP contribution < -0.4 is 0 Å². The van der Waals surface area contributed by atoms with Gasteiger partial charge in [-0.3, -0.25) is 14.4 Å². The molecule has 1 unspecified atom stereocenters. The van der Waals surface area contributed by atoms with Gasteiger partial charge in [0, 0.05) is 19.3 Å². The Kier molecular flexibility index (Phi) is 59.3. The van der Waals surface area contributed by atoms with Crippen LogP contribution in [0.25, 0.3) is 0 Å². The van der Waals surface area contributed by atoms with Crippen molar-refractivity contribution in [1.82, 2.24) is 0 Å². The van der Waals surface area contributed by atoms with Gasteiger partial charge >= 0.3 is 17.9 Å². The minimum absolute atomic E-state index is 0.0737. The van der Waals surface area contributed by atoms with Crippen LogP contribution >= 0.6 is 0 Å². The standard InChI is InChI=1S/C68H118O6/c1-4-7-10-13-16-19-21-23-25-27-28-29-30-31-32-33-34-35-36-37-38-39-40-42-43-45-47-49-52-55-58-61-67(70)73-64-65(63-72-66(69)60-57-54-51-18-15-12-9-6-3)74-68(71)62-59-56-53-50-48-46-44-41-26-24-22-20-17-14-11-8-5-2/h7,10,16,19,23,25,28-29,31-32,34-35,37-38,65H,4-6,8-9,11-15,17-18,20-22,24,26-27,30,33,36,39-64H2,1-3H3/b10-7-,19-16-,25-23-,29-28-,32-31-,35-34-,38-37-. The molecular weight excluding hydrogens is 913 g/mol. The van der Waals surface area contributed by atoms with Crippen LogP contribution in [0.4, 0.5) is 0 Å². The molecule has 0 radical (unpaired) electrons. The third kappa shape index (κ3) is 59.5. The Morgan fingerprint density at radius 3 is 0.824 bits per heavy atom. The van der Waals surface area contributed by atoms with Gasteiger partial charge in [0.05, 0.1) is 0 Å². The van der Waals surface area contributed by atoms with Crippen molar-refractivity contribution in [3.63, 3.8) is 0 Å². The Hall–Kier alpha value is -3.41. The molecule has 426 valence electrons. The zero-order chi connectivity index (χ0) is 53.6. The van der Waals surface area contributed by atoms with E-state index >= 15 is 0 Å². The number of hydrogen-bond donors (Lipinski definition) is 0.